The molecule has 0 radical (unpaired) electrons. The van der Waals surface area contributed by atoms with E-state index in [1.165, 1.54) is 36.0 Å². The first-order valence-corrected chi connectivity index (χ1v) is 6.16. The summed E-state index contributed by atoms with van der Waals surface area (Å²) in [5.41, 5.74) is 6.76. The third kappa shape index (κ3) is 2.98. The van der Waals surface area contributed by atoms with Crippen molar-refractivity contribution in [3.8, 4) is 0 Å². The Morgan fingerprint density at radius 3 is 2.44 bits per heavy atom. The second-order valence-corrected chi connectivity index (χ2v) is 4.74. The fourth-order valence-corrected chi connectivity index (χ4v) is 2.36. The third-order valence-electron chi connectivity index (χ3n) is 2.35. The molecule has 0 aliphatic rings. The average molecular weight is 269 g/mol. The topological polar surface area (TPSA) is 26.0 Å². The molecule has 0 saturated heterocycles. The van der Waals surface area contributed by atoms with E-state index in [1.807, 2.05) is 0 Å². The van der Waals surface area contributed by atoms with Crippen LogP contribution in [0.2, 0.25) is 0 Å². The van der Waals surface area contributed by atoms with Crippen molar-refractivity contribution >= 4 is 17.4 Å². The van der Waals surface area contributed by atoms with Crippen molar-refractivity contribution < 1.29 is 13.2 Å². The summed E-state index contributed by atoms with van der Waals surface area (Å²) in [6, 6.07) is 7.75. The molecule has 0 atom stereocenters. The van der Waals surface area contributed by atoms with Crippen molar-refractivity contribution in [3.05, 3.63) is 59.4 Å². The van der Waals surface area contributed by atoms with Crippen molar-refractivity contribution in [3.63, 3.8) is 0 Å². The number of hydrogen-bond acceptors (Lipinski definition) is 2. The Morgan fingerprint density at radius 2 is 1.72 bits per heavy atom. The van der Waals surface area contributed by atoms with Crippen LogP contribution in [0.3, 0.4) is 0 Å². The maximum atomic E-state index is 13.0. The highest BCUT2D eigenvalue weighted by Crippen LogP contribution is 2.29. The second kappa shape index (κ2) is 5.35. The molecule has 94 valence electrons. The van der Waals surface area contributed by atoms with Gasteiger partial charge in [-0.25, -0.2) is 13.2 Å². The first-order valence-electron chi connectivity index (χ1n) is 5.18. The largest absolute Gasteiger partial charge is 0.398 e. The Morgan fingerprint density at radius 1 is 0.944 bits per heavy atom. The Hall–Kier alpha value is -1.62. The first kappa shape index (κ1) is 12.8. The molecule has 2 aromatic carbocycles. The zero-order valence-electron chi connectivity index (χ0n) is 9.29. The van der Waals surface area contributed by atoms with Gasteiger partial charge in [0.25, 0.3) is 0 Å². The molecule has 2 N–H and O–H groups in total. The Balaban J connectivity index is 2.11. The van der Waals surface area contributed by atoms with Crippen molar-refractivity contribution in [2.45, 2.75) is 10.6 Å². The molecule has 2 rings (SSSR count). The molecule has 0 amide bonds. The van der Waals surface area contributed by atoms with Gasteiger partial charge in [0.1, 0.15) is 5.82 Å². The van der Waals surface area contributed by atoms with E-state index in [0.717, 1.165) is 12.1 Å². The second-order valence-electron chi connectivity index (χ2n) is 3.72. The van der Waals surface area contributed by atoms with Gasteiger partial charge >= 0.3 is 0 Å². The monoisotopic (exact) mass is 269 g/mol. The van der Waals surface area contributed by atoms with Gasteiger partial charge in [0.2, 0.25) is 0 Å². The highest BCUT2D eigenvalue weighted by molar-refractivity contribution is 7.98. The van der Waals surface area contributed by atoms with E-state index in [2.05, 4.69) is 0 Å². The lowest BCUT2D eigenvalue weighted by atomic mass is 10.2. The number of rotatable bonds is 3. The van der Waals surface area contributed by atoms with Crippen molar-refractivity contribution in [2.75, 3.05) is 5.73 Å². The lowest BCUT2D eigenvalue weighted by Crippen LogP contribution is -1.91. The van der Waals surface area contributed by atoms with Gasteiger partial charge in [-0.2, -0.15) is 0 Å². The van der Waals surface area contributed by atoms with Crippen LogP contribution < -0.4 is 5.73 Å². The van der Waals surface area contributed by atoms with Crippen molar-refractivity contribution in [1.29, 1.82) is 0 Å². The number of thioether (sulfide) groups is 1. The summed E-state index contributed by atoms with van der Waals surface area (Å²) in [6.45, 7) is 0. The van der Waals surface area contributed by atoms with Crippen molar-refractivity contribution in [1.82, 2.24) is 0 Å². The standard InChI is InChI=1S/C13H10F3NS/c14-9-2-4-12(17)13(6-9)18-7-8-1-3-10(15)11(16)5-8/h1-6H,7,17H2. The summed E-state index contributed by atoms with van der Waals surface area (Å²) in [5, 5.41) is 0. The molecule has 0 spiro atoms. The number of anilines is 1. The van der Waals surface area contributed by atoms with E-state index in [4.69, 9.17) is 5.73 Å². The smallest absolute Gasteiger partial charge is 0.159 e. The predicted molar refractivity (Wildman–Crippen MR) is 66.7 cm³/mol. The van der Waals surface area contributed by atoms with E-state index in [1.54, 1.807) is 0 Å². The molecule has 0 unspecified atom stereocenters. The summed E-state index contributed by atoms with van der Waals surface area (Å²) in [6.07, 6.45) is 0. The van der Waals surface area contributed by atoms with E-state index in [-0.39, 0.29) is 5.82 Å². The van der Waals surface area contributed by atoms with Crippen LogP contribution in [0.5, 0.6) is 0 Å². The van der Waals surface area contributed by atoms with Crippen LogP contribution >= 0.6 is 11.8 Å². The summed E-state index contributed by atoms with van der Waals surface area (Å²) < 4.78 is 38.7. The SMILES string of the molecule is Nc1ccc(F)cc1SCc1ccc(F)c(F)c1. The maximum Gasteiger partial charge on any atom is 0.159 e. The molecule has 1 nitrogen and oxygen atoms in total. The van der Waals surface area contributed by atoms with Gasteiger partial charge in [-0.15, -0.1) is 11.8 Å². The first-order chi connectivity index (χ1) is 8.56. The van der Waals surface area contributed by atoms with Gasteiger partial charge in [-0.1, -0.05) is 6.07 Å². The van der Waals surface area contributed by atoms with E-state index >= 15 is 0 Å². The molecule has 0 bridgehead atoms. The van der Waals surface area contributed by atoms with Crippen LogP contribution in [0.1, 0.15) is 5.56 Å². The minimum Gasteiger partial charge on any atom is -0.398 e. The molecule has 0 aliphatic carbocycles. The number of halogens is 3. The Labute approximate surface area is 107 Å². The fourth-order valence-electron chi connectivity index (χ4n) is 1.42. The molecule has 5 heteroatoms. The quantitative estimate of drug-likeness (QED) is 0.673. The molecular weight excluding hydrogens is 259 g/mol. The zero-order chi connectivity index (χ0) is 13.1. The fraction of sp³-hybridized carbons (Fsp3) is 0.0769. The average Bonchev–Trinajstić information content (AvgIpc) is 2.34. The van der Waals surface area contributed by atoms with E-state index in [9.17, 15) is 13.2 Å². The minimum atomic E-state index is -0.889. The molecule has 0 aromatic heterocycles. The number of nitrogen functional groups attached to an aromatic ring is 1. The summed E-state index contributed by atoms with van der Waals surface area (Å²) >= 11 is 1.27. The van der Waals surface area contributed by atoms with Gasteiger partial charge in [0.15, 0.2) is 11.6 Å². The van der Waals surface area contributed by atoms with E-state index in [0.29, 0.717) is 21.9 Å². The van der Waals surface area contributed by atoms with Crippen LogP contribution in [0.25, 0.3) is 0 Å². The summed E-state index contributed by atoms with van der Waals surface area (Å²) in [5.74, 6) is -1.75. The molecule has 0 aliphatic heterocycles. The predicted octanol–water partition coefficient (Wildman–Crippen LogP) is 3.98. The molecule has 0 fully saturated rings. The third-order valence-corrected chi connectivity index (χ3v) is 3.50. The molecule has 0 heterocycles. The molecule has 2 aromatic rings. The lowest BCUT2D eigenvalue weighted by Gasteiger charge is -2.06. The van der Waals surface area contributed by atoms with Crippen molar-refractivity contribution in [2.24, 2.45) is 0 Å². The van der Waals surface area contributed by atoms with Gasteiger partial charge in [0.05, 0.1) is 0 Å². The molecular formula is C13H10F3NS. The number of benzene rings is 2. The van der Waals surface area contributed by atoms with Gasteiger partial charge in [-0.05, 0) is 35.9 Å². The van der Waals surface area contributed by atoms with Crippen LogP contribution in [0, 0.1) is 17.5 Å². The number of hydrogen-bond donors (Lipinski definition) is 1. The minimum absolute atomic E-state index is 0.378. The lowest BCUT2D eigenvalue weighted by molar-refractivity contribution is 0.507. The van der Waals surface area contributed by atoms with Crippen LogP contribution in [0.15, 0.2) is 41.3 Å². The highest BCUT2D eigenvalue weighted by atomic mass is 32.2. The molecule has 18 heavy (non-hydrogen) atoms. The Bertz CT molecular complexity index is 572. The Kier molecular flexibility index (Phi) is 3.81. The summed E-state index contributed by atoms with van der Waals surface area (Å²) in [7, 11) is 0. The van der Waals surface area contributed by atoms with Crippen LogP contribution in [0.4, 0.5) is 18.9 Å². The zero-order valence-corrected chi connectivity index (χ0v) is 10.1. The van der Waals surface area contributed by atoms with Gasteiger partial charge in [0, 0.05) is 16.3 Å². The highest BCUT2D eigenvalue weighted by Gasteiger charge is 2.05. The van der Waals surface area contributed by atoms with Crippen LogP contribution in [-0.2, 0) is 5.75 Å². The van der Waals surface area contributed by atoms with Gasteiger partial charge in [-0.3, -0.25) is 0 Å². The maximum absolute atomic E-state index is 13.0. The van der Waals surface area contributed by atoms with E-state index < -0.39 is 11.6 Å². The molecule has 0 saturated carbocycles. The van der Waals surface area contributed by atoms with Gasteiger partial charge < -0.3 is 5.73 Å². The normalized spacial score (nSPS) is 10.6. The number of nitrogens with two attached hydrogens (primary N) is 1. The van der Waals surface area contributed by atoms with Crippen LogP contribution in [-0.4, -0.2) is 0 Å². The summed E-state index contributed by atoms with van der Waals surface area (Å²) in [4.78, 5) is 0.583.